The van der Waals surface area contributed by atoms with Crippen LogP contribution in [0, 0.1) is 16.7 Å². The molecular weight excluding hydrogens is 400 g/mol. The van der Waals surface area contributed by atoms with Crippen LogP contribution in [0.25, 0.3) is 16.7 Å². The zero-order chi connectivity index (χ0) is 22.5. The zero-order valence-corrected chi connectivity index (χ0v) is 18.6. The molecular formula is C26H28N4O2. The Kier molecular flexibility index (Phi) is 5.02. The Hall–Kier alpha value is -3.17. The molecule has 1 saturated carbocycles. The summed E-state index contributed by atoms with van der Waals surface area (Å²) in [6.45, 7) is 4.26. The summed E-state index contributed by atoms with van der Waals surface area (Å²) in [7, 11) is 0. The van der Waals surface area contributed by atoms with Gasteiger partial charge in [-0.15, -0.1) is 0 Å². The number of nitrogens with one attached hydrogen (secondary N) is 1. The molecule has 6 heteroatoms. The number of Topliss-reactive ketones (excluding diaryl/α,β-unsaturated/α-hetero) is 1. The van der Waals surface area contributed by atoms with Gasteiger partial charge in [-0.1, -0.05) is 13.8 Å². The minimum absolute atomic E-state index is 0.118. The minimum Gasteiger partial charge on any atom is -0.393 e. The summed E-state index contributed by atoms with van der Waals surface area (Å²) in [5.41, 5.74) is 4.72. The Labute approximate surface area is 187 Å². The highest BCUT2D eigenvalue weighted by Crippen LogP contribution is 2.41. The van der Waals surface area contributed by atoms with Gasteiger partial charge in [-0.05, 0) is 67.9 Å². The number of aromatic nitrogens is 2. The summed E-state index contributed by atoms with van der Waals surface area (Å²) in [5.74, 6) is 0.167. The van der Waals surface area contributed by atoms with Crippen LogP contribution in [-0.4, -0.2) is 32.6 Å². The highest BCUT2D eigenvalue weighted by Gasteiger charge is 2.36. The Bertz CT molecular complexity index is 1240. The molecule has 0 amide bonds. The molecule has 2 N–H and O–H groups in total. The van der Waals surface area contributed by atoms with Gasteiger partial charge in [-0.3, -0.25) is 9.36 Å². The van der Waals surface area contributed by atoms with E-state index in [4.69, 9.17) is 0 Å². The van der Waals surface area contributed by atoms with Gasteiger partial charge in [-0.2, -0.15) is 5.26 Å². The van der Waals surface area contributed by atoms with E-state index in [1.807, 2.05) is 30.3 Å². The molecule has 2 aliphatic carbocycles. The van der Waals surface area contributed by atoms with Gasteiger partial charge in [0.25, 0.3) is 0 Å². The van der Waals surface area contributed by atoms with Gasteiger partial charge in [0, 0.05) is 41.0 Å². The fourth-order valence-electron chi connectivity index (χ4n) is 5.29. The Morgan fingerprint density at radius 3 is 2.72 bits per heavy atom. The van der Waals surface area contributed by atoms with Gasteiger partial charge in [0.05, 0.1) is 17.4 Å². The van der Waals surface area contributed by atoms with E-state index in [9.17, 15) is 15.2 Å². The van der Waals surface area contributed by atoms with Gasteiger partial charge in [-0.25, -0.2) is 4.98 Å². The van der Waals surface area contributed by atoms with Gasteiger partial charge >= 0.3 is 0 Å². The summed E-state index contributed by atoms with van der Waals surface area (Å²) in [6.07, 6.45) is 6.15. The largest absolute Gasteiger partial charge is 0.393 e. The van der Waals surface area contributed by atoms with Crippen LogP contribution in [0.3, 0.4) is 0 Å². The maximum absolute atomic E-state index is 13.1. The normalized spacial score (nSPS) is 22.4. The number of nitrogens with zero attached hydrogens (tertiary/aromatic N) is 3. The number of carbonyl (C=O) groups is 1. The topological polar surface area (TPSA) is 90.9 Å². The summed E-state index contributed by atoms with van der Waals surface area (Å²) in [5, 5.41) is 23.9. The number of ketones is 1. The molecule has 2 aliphatic rings. The van der Waals surface area contributed by atoms with Gasteiger partial charge in [0.1, 0.15) is 11.7 Å². The van der Waals surface area contributed by atoms with Crippen molar-refractivity contribution in [2.75, 3.05) is 5.32 Å². The summed E-state index contributed by atoms with van der Waals surface area (Å²) >= 11 is 0. The molecule has 6 nitrogen and oxygen atoms in total. The predicted octanol–water partition coefficient (Wildman–Crippen LogP) is 4.77. The zero-order valence-electron chi connectivity index (χ0n) is 18.6. The summed E-state index contributed by atoms with van der Waals surface area (Å²) in [4.78, 5) is 17.7. The average molecular weight is 429 g/mol. The SMILES string of the molecule is CC1(C)CC(=O)c2c(n(-c3ccc(C#N)c(NC4CCC(O)CC4)c3)c3ncccc23)C1. The van der Waals surface area contributed by atoms with E-state index in [1.54, 1.807) is 6.20 Å². The quantitative estimate of drug-likeness (QED) is 0.627. The van der Waals surface area contributed by atoms with Crippen molar-refractivity contribution in [1.29, 1.82) is 5.26 Å². The van der Waals surface area contributed by atoms with Crippen LogP contribution in [0.15, 0.2) is 36.5 Å². The van der Waals surface area contributed by atoms with Crippen LogP contribution in [-0.2, 0) is 6.42 Å². The number of pyridine rings is 1. The Morgan fingerprint density at radius 2 is 1.97 bits per heavy atom. The molecule has 0 atom stereocenters. The van der Waals surface area contributed by atoms with Crippen LogP contribution in [0.5, 0.6) is 0 Å². The summed E-state index contributed by atoms with van der Waals surface area (Å²) in [6, 6.07) is 12.2. The molecule has 3 aromatic rings. The van der Waals surface area contributed by atoms with E-state index >= 15 is 0 Å². The molecule has 0 saturated heterocycles. The smallest absolute Gasteiger partial charge is 0.165 e. The van der Waals surface area contributed by atoms with Gasteiger partial charge in [0.15, 0.2) is 5.78 Å². The molecule has 0 unspecified atom stereocenters. The first-order valence-corrected chi connectivity index (χ1v) is 11.4. The van der Waals surface area contributed by atoms with Crippen LogP contribution < -0.4 is 5.32 Å². The third kappa shape index (κ3) is 3.57. The lowest BCUT2D eigenvalue weighted by Crippen LogP contribution is -2.28. The molecule has 32 heavy (non-hydrogen) atoms. The number of fused-ring (bicyclic) bond motifs is 3. The van der Waals surface area contributed by atoms with Crippen molar-refractivity contribution in [3.8, 4) is 11.8 Å². The van der Waals surface area contributed by atoms with Gasteiger partial charge in [0.2, 0.25) is 0 Å². The van der Waals surface area contributed by atoms with E-state index in [0.717, 1.165) is 65.8 Å². The molecule has 0 radical (unpaired) electrons. The highest BCUT2D eigenvalue weighted by atomic mass is 16.3. The van der Waals surface area contributed by atoms with Gasteiger partial charge < -0.3 is 10.4 Å². The van der Waals surface area contributed by atoms with Crippen molar-refractivity contribution in [2.24, 2.45) is 5.41 Å². The fraction of sp³-hybridized carbons (Fsp3) is 0.423. The average Bonchev–Trinajstić information content (AvgIpc) is 3.08. The first-order valence-electron chi connectivity index (χ1n) is 11.4. The Morgan fingerprint density at radius 1 is 1.19 bits per heavy atom. The van der Waals surface area contributed by atoms with Crippen molar-refractivity contribution in [3.05, 3.63) is 53.3 Å². The van der Waals surface area contributed by atoms with Crippen molar-refractivity contribution in [3.63, 3.8) is 0 Å². The number of nitriles is 1. The molecule has 2 aromatic heterocycles. The number of carbonyl (C=O) groups excluding carboxylic acids is 1. The lowest BCUT2D eigenvalue weighted by molar-refractivity contribution is 0.0912. The van der Waals surface area contributed by atoms with E-state index in [2.05, 4.69) is 34.8 Å². The highest BCUT2D eigenvalue weighted by molar-refractivity contribution is 6.10. The third-order valence-electron chi connectivity index (χ3n) is 6.83. The van der Waals surface area contributed by atoms with Crippen LogP contribution in [0.1, 0.15) is 67.6 Å². The Balaban J connectivity index is 1.63. The summed E-state index contributed by atoms with van der Waals surface area (Å²) < 4.78 is 2.10. The predicted molar refractivity (Wildman–Crippen MR) is 124 cm³/mol. The number of rotatable bonds is 3. The molecule has 0 spiro atoms. The van der Waals surface area contributed by atoms with Crippen molar-refractivity contribution in [2.45, 2.75) is 64.5 Å². The maximum atomic E-state index is 13.1. The van der Waals surface area contributed by atoms with E-state index < -0.39 is 0 Å². The maximum Gasteiger partial charge on any atom is 0.165 e. The first kappa shape index (κ1) is 20.7. The van der Waals surface area contributed by atoms with Crippen LogP contribution in [0.4, 0.5) is 5.69 Å². The third-order valence-corrected chi connectivity index (χ3v) is 6.83. The van der Waals surface area contributed by atoms with Crippen LogP contribution >= 0.6 is 0 Å². The second-order valence-electron chi connectivity index (χ2n) is 9.96. The van der Waals surface area contributed by atoms with Crippen LogP contribution in [0.2, 0.25) is 0 Å². The number of benzene rings is 1. The van der Waals surface area contributed by atoms with E-state index in [-0.39, 0.29) is 23.3 Å². The number of aliphatic hydroxyl groups is 1. The first-order chi connectivity index (χ1) is 15.4. The standard InChI is InChI=1S/C26H28N4O2/c1-26(2)13-22-24(23(32)14-26)20-4-3-11-28-25(20)30(22)18-8-5-16(15-27)21(12-18)29-17-6-9-19(31)10-7-17/h3-5,8,11-12,17,19,29,31H,6-7,9-10,13-14H2,1-2H3. The lowest BCUT2D eigenvalue weighted by Gasteiger charge is -2.30. The van der Waals surface area contributed by atoms with Crippen molar-refractivity contribution in [1.82, 2.24) is 9.55 Å². The van der Waals surface area contributed by atoms with E-state index in [0.29, 0.717) is 12.0 Å². The molecule has 1 fully saturated rings. The fourth-order valence-corrected chi connectivity index (χ4v) is 5.29. The molecule has 0 bridgehead atoms. The molecule has 2 heterocycles. The number of hydrogen-bond donors (Lipinski definition) is 2. The lowest BCUT2D eigenvalue weighted by atomic mass is 9.75. The van der Waals surface area contributed by atoms with Crippen molar-refractivity contribution >= 4 is 22.5 Å². The molecule has 164 valence electrons. The van der Waals surface area contributed by atoms with E-state index in [1.165, 1.54) is 0 Å². The molecule has 0 aliphatic heterocycles. The monoisotopic (exact) mass is 428 g/mol. The number of aliphatic hydroxyl groups excluding tert-OH is 1. The number of hydrogen-bond acceptors (Lipinski definition) is 5. The second-order valence-corrected chi connectivity index (χ2v) is 9.96. The second kappa shape index (κ2) is 7.75. The number of anilines is 1. The minimum atomic E-state index is -0.223. The molecule has 1 aromatic carbocycles. The molecule has 5 rings (SSSR count). The van der Waals surface area contributed by atoms with Crippen molar-refractivity contribution < 1.29 is 9.90 Å².